The SMILES string of the molecule is CCCn1c(SCC(=O)NC(CC)CC)n[nH]c1=O. The van der Waals surface area contributed by atoms with Crippen LogP contribution in [0.25, 0.3) is 0 Å². The fraction of sp³-hybridized carbons (Fsp3) is 0.750. The Morgan fingerprint density at radius 3 is 2.68 bits per heavy atom. The van der Waals surface area contributed by atoms with Crippen molar-refractivity contribution in [2.75, 3.05) is 5.75 Å². The normalized spacial score (nSPS) is 10.9. The van der Waals surface area contributed by atoms with E-state index in [4.69, 9.17) is 0 Å². The van der Waals surface area contributed by atoms with Crippen molar-refractivity contribution in [3.05, 3.63) is 10.5 Å². The van der Waals surface area contributed by atoms with E-state index in [1.54, 1.807) is 4.57 Å². The molecule has 0 aliphatic carbocycles. The van der Waals surface area contributed by atoms with Crippen molar-refractivity contribution in [1.82, 2.24) is 20.1 Å². The molecule has 6 nitrogen and oxygen atoms in total. The summed E-state index contributed by atoms with van der Waals surface area (Å²) in [5, 5.41) is 9.88. The zero-order valence-corrected chi connectivity index (χ0v) is 12.5. The number of H-pyrrole nitrogens is 1. The Morgan fingerprint density at radius 1 is 1.42 bits per heavy atom. The molecule has 108 valence electrons. The van der Waals surface area contributed by atoms with Crippen LogP contribution in [0.2, 0.25) is 0 Å². The van der Waals surface area contributed by atoms with Crippen molar-refractivity contribution in [3.8, 4) is 0 Å². The van der Waals surface area contributed by atoms with Gasteiger partial charge in [-0.1, -0.05) is 32.5 Å². The molecule has 0 aromatic carbocycles. The Bertz CT molecular complexity index is 451. The van der Waals surface area contributed by atoms with E-state index in [-0.39, 0.29) is 23.4 Å². The molecule has 0 atom stereocenters. The van der Waals surface area contributed by atoms with E-state index in [1.165, 1.54) is 11.8 Å². The second-order valence-corrected chi connectivity index (χ2v) is 5.28. The van der Waals surface area contributed by atoms with E-state index in [0.717, 1.165) is 19.3 Å². The molecule has 2 N–H and O–H groups in total. The molecule has 1 aromatic heterocycles. The van der Waals surface area contributed by atoms with E-state index in [1.807, 2.05) is 20.8 Å². The number of aromatic amines is 1. The quantitative estimate of drug-likeness (QED) is 0.708. The van der Waals surface area contributed by atoms with E-state index in [0.29, 0.717) is 11.7 Å². The van der Waals surface area contributed by atoms with Crippen LogP contribution < -0.4 is 11.0 Å². The highest BCUT2D eigenvalue weighted by molar-refractivity contribution is 7.99. The Hall–Kier alpha value is -1.24. The van der Waals surface area contributed by atoms with Crippen LogP contribution in [0.3, 0.4) is 0 Å². The van der Waals surface area contributed by atoms with Crippen LogP contribution in [0.1, 0.15) is 40.0 Å². The molecule has 0 fully saturated rings. The standard InChI is InChI=1S/C12H22N4O2S/c1-4-7-16-11(18)14-15-12(16)19-8-10(17)13-9(5-2)6-3/h9H,4-8H2,1-3H3,(H,13,17)(H,14,18). The minimum atomic E-state index is -0.218. The zero-order valence-electron chi connectivity index (χ0n) is 11.7. The van der Waals surface area contributed by atoms with Crippen LogP contribution in [-0.4, -0.2) is 32.5 Å². The monoisotopic (exact) mass is 286 g/mol. The predicted octanol–water partition coefficient (Wildman–Crippen LogP) is 1.38. The lowest BCUT2D eigenvalue weighted by Crippen LogP contribution is -2.35. The maximum atomic E-state index is 11.8. The van der Waals surface area contributed by atoms with Gasteiger partial charge in [-0.2, -0.15) is 0 Å². The largest absolute Gasteiger partial charge is 0.353 e. The van der Waals surface area contributed by atoms with Crippen molar-refractivity contribution in [2.24, 2.45) is 0 Å². The van der Waals surface area contributed by atoms with E-state index in [2.05, 4.69) is 15.5 Å². The third kappa shape index (κ3) is 4.74. The highest BCUT2D eigenvalue weighted by Gasteiger charge is 2.12. The van der Waals surface area contributed by atoms with Crippen LogP contribution in [0, 0.1) is 0 Å². The Labute approximate surface area is 117 Å². The van der Waals surface area contributed by atoms with Gasteiger partial charge in [0.05, 0.1) is 5.75 Å². The second-order valence-electron chi connectivity index (χ2n) is 4.33. The van der Waals surface area contributed by atoms with Crippen molar-refractivity contribution < 1.29 is 4.79 Å². The lowest BCUT2D eigenvalue weighted by Gasteiger charge is -2.14. The molecule has 0 aliphatic rings. The highest BCUT2D eigenvalue weighted by atomic mass is 32.2. The number of rotatable bonds is 8. The third-order valence-corrected chi connectivity index (χ3v) is 3.83. The van der Waals surface area contributed by atoms with Crippen molar-refractivity contribution in [2.45, 2.75) is 57.8 Å². The van der Waals surface area contributed by atoms with Crippen molar-refractivity contribution in [1.29, 1.82) is 0 Å². The van der Waals surface area contributed by atoms with Gasteiger partial charge in [0.1, 0.15) is 0 Å². The average Bonchev–Trinajstić information content (AvgIpc) is 2.75. The fourth-order valence-corrected chi connectivity index (χ4v) is 2.51. The third-order valence-electron chi connectivity index (χ3n) is 2.85. The second kappa shape index (κ2) is 8.04. The number of hydrogen-bond acceptors (Lipinski definition) is 4. The molecule has 0 saturated carbocycles. The molecule has 0 radical (unpaired) electrons. The molecule has 7 heteroatoms. The summed E-state index contributed by atoms with van der Waals surface area (Å²) in [4.78, 5) is 23.2. The molecule has 1 rings (SSSR count). The van der Waals surface area contributed by atoms with Crippen LogP contribution in [-0.2, 0) is 11.3 Å². The van der Waals surface area contributed by atoms with Gasteiger partial charge in [-0.25, -0.2) is 9.89 Å². The lowest BCUT2D eigenvalue weighted by atomic mass is 10.2. The highest BCUT2D eigenvalue weighted by Crippen LogP contribution is 2.13. The summed E-state index contributed by atoms with van der Waals surface area (Å²) in [6.45, 7) is 6.71. The van der Waals surface area contributed by atoms with E-state index < -0.39 is 0 Å². The molecule has 1 heterocycles. The van der Waals surface area contributed by atoms with Gasteiger partial charge in [-0.05, 0) is 19.3 Å². The summed E-state index contributed by atoms with van der Waals surface area (Å²) in [5.41, 5.74) is -0.218. The van der Waals surface area contributed by atoms with Crippen LogP contribution in [0.4, 0.5) is 0 Å². The number of carbonyl (C=O) groups excluding carboxylic acids is 1. The minimum Gasteiger partial charge on any atom is -0.353 e. The molecule has 0 aliphatic heterocycles. The van der Waals surface area contributed by atoms with Crippen LogP contribution in [0.15, 0.2) is 9.95 Å². The zero-order chi connectivity index (χ0) is 14.3. The maximum Gasteiger partial charge on any atom is 0.343 e. The maximum absolute atomic E-state index is 11.8. The average molecular weight is 286 g/mol. The number of aromatic nitrogens is 3. The van der Waals surface area contributed by atoms with Crippen LogP contribution >= 0.6 is 11.8 Å². The fourth-order valence-electron chi connectivity index (χ4n) is 1.73. The minimum absolute atomic E-state index is 0.0165. The molecular weight excluding hydrogens is 264 g/mol. The summed E-state index contributed by atoms with van der Waals surface area (Å²) in [6.07, 6.45) is 2.71. The number of thioether (sulfide) groups is 1. The Morgan fingerprint density at radius 2 is 2.11 bits per heavy atom. The van der Waals surface area contributed by atoms with Gasteiger partial charge in [-0.3, -0.25) is 9.36 Å². The first kappa shape index (κ1) is 15.8. The summed E-state index contributed by atoms with van der Waals surface area (Å²) < 4.78 is 1.56. The smallest absolute Gasteiger partial charge is 0.343 e. The first-order valence-corrected chi connectivity index (χ1v) is 7.68. The molecule has 19 heavy (non-hydrogen) atoms. The summed E-state index contributed by atoms with van der Waals surface area (Å²) in [5.74, 6) is 0.266. The van der Waals surface area contributed by atoms with Gasteiger partial charge in [-0.15, -0.1) is 5.10 Å². The molecule has 1 amide bonds. The van der Waals surface area contributed by atoms with Crippen molar-refractivity contribution in [3.63, 3.8) is 0 Å². The first-order valence-electron chi connectivity index (χ1n) is 6.69. The Kier molecular flexibility index (Phi) is 6.69. The summed E-state index contributed by atoms with van der Waals surface area (Å²) >= 11 is 1.29. The van der Waals surface area contributed by atoms with Crippen molar-refractivity contribution >= 4 is 17.7 Å². The van der Waals surface area contributed by atoms with Gasteiger partial charge in [0.2, 0.25) is 5.91 Å². The van der Waals surface area contributed by atoms with Crippen LogP contribution in [0.5, 0.6) is 0 Å². The Balaban J connectivity index is 2.52. The van der Waals surface area contributed by atoms with E-state index >= 15 is 0 Å². The number of nitrogens with zero attached hydrogens (tertiary/aromatic N) is 2. The number of carbonyl (C=O) groups is 1. The number of nitrogens with one attached hydrogen (secondary N) is 2. The predicted molar refractivity (Wildman–Crippen MR) is 76.4 cm³/mol. The summed E-state index contributed by atoms with van der Waals surface area (Å²) in [6, 6.07) is 0.227. The number of amides is 1. The molecule has 0 unspecified atom stereocenters. The van der Waals surface area contributed by atoms with E-state index in [9.17, 15) is 9.59 Å². The summed E-state index contributed by atoms with van der Waals surface area (Å²) in [7, 11) is 0. The van der Waals surface area contributed by atoms with Gasteiger partial charge < -0.3 is 5.32 Å². The van der Waals surface area contributed by atoms with Gasteiger partial charge in [0, 0.05) is 12.6 Å². The molecule has 0 bridgehead atoms. The first-order chi connectivity index (χ1) is 9.12. The molecule has 1 aromatic rings. The lowest BCUT2D eigenvalue weighted by molar-refractivity contribution is -0.119. The molecule has 0 saturated heterocycles. The van der Waals surface area contributed by atoms with Gasteiger partial charge >= 0.3 is 5.69 Å². The van der Waals surface area contributed by atoms with Gasteiger partial charge in [0.25, 0.3) is 0 Å². The molecular formula is C12H22N4O2S. The molecule has 0 spiro atoms. The van der Waals surface area contributed by atoms with Gasteiger partial charge in [0.15, 0.2) is 5.16 Å². The number of hydrogen-bond donors (Lipinski definition) is 2. The topological polar surface area (TPSA) is 79.8 Å².